The first kappa shape index (κ1) is 25.3. The van der Waals surface area contributed by atoms with Gasteiger partial charge >= 0.3 is 0 Å². The Kier molecular flexibility index (Phi) is 7.24. The molecule has 2 aliphatic rings. The van der Waals surface area contributed by atoms with Gasteiger partial charge in [-0.05, 0) is 73.6 Å². The van der Waals surface area contributed by atoms with Crippen molar-refractivity contribution < 1.29 is 18.0 Å². The maximum absolute atomic E-state index is 14.2. The van der Waals surface area contributed by atoms with Crippen LogP contribution in [-0.2, 0) is 5.54 Å². The number of benzene rings is 3. The van der Waals surface area contributed by atoms with Crippen molar-refractivity contribution in [2.45, 2.75) is 38.1 Å². The second-order valence-corrected chi connectivity index (χ2v) is 10.3. The largest absolute Gasteiger partial charge is 0.369 e. The lowest BCUT2D eigenvalue weighted by molar-refractivity contribution is 0.0299. The van der Waals surface area contributed by atoms with Crippen LogP contribution in [0.15, 0.2) is 66.7 Å². The van der Waals surface area contributed by atoms with Gasteiger partial charge in [0, 0.05) is 43.1 Å². The summed E-state index contributed by atoms with van der Waals surface area (Å²) in [6.45, 7) is 5.97. The van der Waals surface area contributed by atoms with Gasteiger partial charge in [-0.25, -0.2) is 13.2 Å². The molecule has 3 aromatic carbocycles. The Labute approximate surface area is 216 Å². The van der Waals surface area contributed by atoms with E-state index in [0.29, 0.717) is 17.7 Å². The zero-order valence-corrected chi connectivity index (χ0v) is 21.0. The van der Waals surface area contributed by atoms with Crippen molar-refractivity contribution >= 4 is 17.3 Å². The van der Waals surface area contributed by atoms with Gasteiger partial charge in [0.15, 0.2) is 11.6 Å². The van der Waals surface area contributed by atoms with Crippen molar-refractivity contribution in [2.24, 2.45) is 5.92 Å². The first-order valence-electron chi connectivity index (χ1n) is 13.0. The van der Waals surface area contributed by atoms with E-state index in [1.54, 1.807) is 6.07 Å². The smallest absolute Gasteiger partial charge is 0.261 e. The molecule has 1 aliphatic heterocycles. The number of hydrogen-bond donors (Lipinski definition) is 1. The Morgan fingerprint density at radius 3 is 2.24 bits per heavy atom. The van der Waals surface area contributed by atoms with E-state index < -0.39 is 28.9 Å². The molecule has 1 aliphatic carbocycles. The minimum absolute atomic E-state index is 0.175. The van der Waals surface area contributed by atoms with Gasteiger partial charge in [-0.1, -0.05) is 37.3 Å². The molecule has 3 aromatic rings. The lowest BCUT2D eigenvalue weighted by Crippen LogP contribution is -2.56. The highest BCUT2D eigenvalue weighted by Gasteiger charge is 2.42. The van der Waals surface area contributed by atoms with Gasteiger partial charge in [0.25, 0.3) is 5.91 Å². The van der Waals surface area contributed by atoms with Crippen LogP contribution in [0.2, 0.25) is 0 Å². The number of nitrogens with zero attached hydrogens (tertiary/aromatic N) is 2. The van der Waals surface area contributed by atoms with Crippen LogP contribution in [0.25, 0.3) is 0 Å². The first-order valence-corrected chi connectivity index (χ1v) is 13.0. The molecule has 0 spiro atoms. The number of carbonyl (C=O) groups excluding carboxylic acids is 1. The average Bonchev–Trinajstić information content (AvgIpc) is 2.92. The molecule has 1 amide bonds. The van der Waals surface area contributed by atoms with E-state index in [4.69, 9.17) is 0 Å². The number of nitrogens with one attached hydrogen (secondary N) is 1. The second-order valence-electron chi connectivity index (χ2n) is 10.3. The van der Waals surface area contributed by atoms with Crippen LogP contribution in [0, 0.1) is 23.4 Å². The van der Waals surface area contributed by atoms with Gasteiger partial charge in [0.2, 0.25) is 0 Å². The van der Waals surface area contributed by atoms with Crippen LogP contribution >= 0.6 is 0 Å². The molecule has 1 saturated heterocycles. The molecule has 4 nitrogen and oxygen atoms in total. The summed E-state index contributed by atoms with van der Waals surface area (Å²) in [5.74, 6) is -4.19. The molecule has 0 atom stereocenters. The Morgan fingerprint density at radius 1 is 0.865 bits per heavy atom. The lowest BCUT2D eigenvalue weighted by atomic mass is 9.71. The van der Waals surface area contributed by atoms with E-state index in [1.165, 1.54) is 5.69 Å². The summed E-state index contributed by atoms with van der Waals surface area (Å²) in [4.78, 5) is 17.7. The third kappa shape index (κ3) is 5.10. The van der Waals surface area contributed by atoms with E-state index in [0.717, 1.165) is 63.5 Å². The summed E-state index contributed by atoms with van der Waals surface area (Å²) in [6, 6.07) is 19.4. The van der Waals surface area contributed by atoms with Crippen molar-refractivity contribution in [3.05, 3.63) is 95.3 Å². The van der Waals surface area contributed by atoms with Crippen molar-refractivity contribution in [3.63, 3.8) is 0 Å². The van der Waals surface area contributed by atoms with E-state index >= 15 is 0 Å². The summed E-state index contributed by atoms with van der Waals surface area (Å²) in [7, 11) is 0. The number of carbonyl (C=O) groups is 1. The number of para-hydroxylation sites is 1. The fraction of sp³-hybridized carbons (Fsp3) is 0.367. The summed E-state index contributed by atoms with van der Waals surface area (Å²) >= 11 is 0. The number of piperazine rings is 1. The fourth-order valence-electron chi connectivity index (χ4n) is 5.87. The van der Waals surface area contributed by atoms with Gasteiger partial charge in [-0.2, -0.15) is 0 Å². The highest BCUT2D eigenvalue weighted by Crippen LogP contribution is 2.45. The Bertz CT molecular complexity index is 1250. The Hall–Kier alpha value is -3.32. The van der Waals surface area contributed by atoms with Gasteiger partial charge in [0.1, 0.15) is 11.4 Å². The summed E-state index contributed by atoms with van der Waals surface area (Å²) in [5.41, 5.74) is 1.67. The van der Waals surface area contributed by atoms with Crippen LogP contribution in [0.5, 0.6) is 0 Å². The number of halogens is 3. The third-order valence-corrected chi connectivity index (χ3v) is 8.04. The normalized spacial score (nSPS) is 22.6. The molecular weight excluding hydrogens is 475 g/mol. The van der Waals surface area contributed by atoms with Crippen LogP contribution in [0.4, 0.5) is 24.5 Å². The molecule has 1 saturated carbocycles. The van der Waals surface area contributed by atoms with Gasteiger partial charge < -0.3 is 10.2 Å². The lowest BCUT2D eigenvalue weighted by Gasteiger charge is -2.51. The Balaban J connectivity index is 1.39. The average molecular weight is 508 g/mol. The molecule has 5 rings (SSSR count). The van der Waals surface area contributed by atoms with Crippen molar-refractivity contribution in [2.75, 3.05) is 36.4 Å². The van der Waals surface area contributed by atoms with Gasteiger partial charge in [0.05, 0.1) is 0 Å². The van der Waals surface area contributed by atoms with Crippen molar-refractivity contribution in [1.29, 1.82) is 0 Å². The van der Waals surface area contributed by atoms with Crippen LogP contribution < -0.4 is 10.2 Å². The highest BCUT2D eigenvalue weighted by atomic mass is 19.2. The third-order valence-electron chi connectivity index (χ3n) is 8.04. The molecule has 1 N–H and O–H groups in total. The second kappa shape index (κ2) is 10.6. The Morgan fingerprint density at radius 2 is 1.54 bits per heavy atom. The molecule has 0 radical (unpaired) electrons. The first-order chi connectivity index (χ1) is 17.9. The highest BCUT2D eigenvalue weighted by molar-refractivity contribution is 6.04. The van der Waals surface area contributed by atoms with Crippen LogP contribution in [-0.4, -0.2) is 37.0 Å². The molecular formula is C30H32F3N3O. The summed E-state index contributed by atoms with van der Waals surface area (Å²) in [6.07, 6.45) is 4.22. The van der Waals surface area contributed by atoms with Crippen molar-refractivity contribution in [1.82, 2.24) is 4.90 Å². The molecule has 37 heavy (non-hydrogen) atoms. The monoisotopic (exact) mass is 507 g/mol. The van der Waals surface area contributed by atoms with E-state index in [-0.39, 0.29) is 5.54 Å². The maximum Gasteiger partial charge on any atom is 0.261 e. The number of anilines is 2. The predicted molar refractivity (Wildman–Crippen MR) is 140 cm³/mol. The maximum atomic E-state index is 14.2. The number of amides is 1. The van der Waals surface area contributed by atoms with Gasteiger partial charge in [-0.15, -0.1) is 0 Å². The standard InChI is InChI=1S/C30H32F3N3O/c1-21-12-14-30(15-13-21,36-18-16-35(17-19-36)24-8-3-2-4-9-24)22-6-5-7-23(20-22)34-29(37)27-25(31)10-11-26(32)28(27)33/h2-11,20-21H,12-19H2,1H3,(H,34,37). The number of rotatable bonds is 5. The van der Waals surface area contributed by atoms with E-state index in [1.807, 2.05) is 18.2 Å². The minimum atomic E-state index is -1.48. The van der Waals surface area contributed by atoms with E-state index in [2.05, 4.69) is 52.4 Å². The molecule has 1 heterocycles. The SMILES string of the molecule is CC1CCC(c2cccc(NC(=O)c3c(F)ccc(F)c3F)c2)(N2CCN(c3ccccc3)CC2)CC1. The quantitative estimate of drug-likeness (QED) is 0.396. The summed E-state index contributed by atoms with van der Waals surface area (Å²) < 4.78 is 42.0. The van der Waals surface area contributed by atoms with E-state index in [9.17, 15) is 18.0 Å². The molecule has 0 bridgehead atoms. The molecule has 0 aromatic heterocycles. The predicted octanol–water partition coefficient (Wildman–Crippen LogP) is 6.58. The fourth-order valence-corrected chi connectivity index (χ4v) is 5.87. The van der Waals surface area contributed by atoms with Crippen LogP contribution in [0.3, 0.4) is 0 Å². The minimum Gasteiger partial charge on any atom is -0.369 e. The molecule has 7 heteroatoms. The zero-order valence-electron chi connectivity index (χ0n) is 21.0. The summed E-state index contributed by atoms with van der Waals surface area (Å²) in [5, 5.41) is 2.59. The van der Waals surface area contributed by atoms with Crippen molar-refractivity contribution in [3.8, 4) is 0 Å². The molecule has 0 unspecified atom stereocenters. The van der Waals surface area contributed by atoms with Crippen LogP contribution in [0.1, 0.15) is 48.5 Å². The number of hydrogen-bond acceptors (Lipinski definition) is 3. The molecule has 2 fully saturated rings. The topological polar surface area (TPSA) is 35.6 Å². The molecule has 194 valence electrons. The zero-order chi connectivity index (χ0) is 26.0. The van der Waals surface area contributed by atoms with Gasteiger partial charge in [-0.3, -0.25) is 9.69 Å².